The molecule has 2 heteroatoms. The van der Waals surface area contributed by atoms with E-state index in [1.54, 1.807) is 0 Å². The Morgan fingerprint density at radius 2 is 1.39 bits per heavy atom. The van der Waals surface area contributed by atoms with Crippen LogP contribution in [0.2, 0.25) is 0 Å². The van der Waals surface area contributed by atoms with Crippen LogP contribution < -0.4 is 9.64 Å². The highest BCUT2D eigenvalue weighted by Crippen LogP contribution is 2.46. The van der Waals surface area contributed by atoms with Crippen LogP contribution in [0.3, 0.4) is 0 Å². The van der Waals surface area contributed by atoms with Gasteiger partial charge in [0.25, 0.3) is 0 Å². The van der Waals surface area contributed by atoms with Crippen LogP contribution in [-0.4, -0.2) is 6.54 Å². The van der Waals surface area contributed by atoms with Gasteiger partial charge in [0.05, 0.1) is 11.4 Å². The van der Waals surface area contributed by atoms with E-state index in [1.165, 1.54) is 0 Å². The summed E-state index contributed by atoms with van der Waals surface area (Å²) in [6.07, 6.45) is 0. The summed E-state index contributed by atoms with van der Waals surface area (Å²) < 4.78 is 5.95. The third-order valence-electron chi connectivity index (χ3n) is 3.08. The van der Waals surface area contributed by atoms with Crippen LogP contribution in [0.15, 0.2) is 48.5 Å². The molecule has 1 heterocycles. The molecular formula is C16H17NO. The maximum atomic E-state index is 5.95. The molecule has 92 valence electrons. The van der Waals surface area contributed by atoms with Gasteiger partial charge in [-0.1, -0.05) is 38.1 Å². The van der Waals surface area contributed by atoms with Crippen LogP contribution in [0.25, 0.3) is 0 Å². The second kappa shape index (κ2) is 4.37. The summed E-state index contributed by atoms with van der Waals surface area (Å²) in [5.74, 6) is 2.48. The van der Waals surface area contributed by atoms with Gasteiger partial charge in [-0.25, -0.2) is 0 Å². The van der Waals surface area contributed by atoms with E-state index >= 15 is 0 Å². The normalized spacial score (nSPS) is 12.9. The lowest BCUT2D eigenvalue weighted by Gasteiger charge is -2.33. The number of anilines is 2. The molecule has 0 N–H and O–H groups in total. The summed E-state index contributed by atoms with van der Waals surface area (Å²) in [7, 11) is 0. The van der Waals surface area contributed by atoms with Crippen LogP contribution in [0, 0.1) is 5.92 Å². The zero-order valence-corrected chi connectivity index (χ0v) is 10.8. The van der Waals surface area contributed by atoms with Crippen LogP contribution in [0.5, 0.6) is 11.5 Å². The molecular weight excluding hydrogens is 222 g/mol. The summed E-state index contributed by atoms with van der Waals surface area (Å²) in [4.78, 5) is 2.35. The van der Waals surface area contributed by atoms with Crippen molar-refractivity contribution in [1.29, 1.82) is 0 Å². The Morgan fingerprint density at radius 1 is 0.889 bits per heavy atom. The smallest absolute Gasteiger partial charge is 0.151 e. The van der Waals surface area contributed by atoms with E-state index in [2.05, 4.69) is 43.0 Å². The lowest BCUT2D eigenvalue weighted by molar-refractivity contribution is 0.469. The van der Waals surface area contributed by atoms with Gasteiger partial charge in [-0.05, 0) is 30.2 Å². The van der Waals surface area contributed by atoms with Crippen LogP contribution in [0.1, 0.15) is 13.8 Å². The van der Waals surface area contributed by atoms with Gasteiger partial charge >= 0.3 is 0 Å². The number of nitrogens with zero attached hydrogens (tertiary/aromatic N) is 1. The predicted octanol–water partition coefficient (Wildman–Crippen LogP) is 4.59. The number of rotatable bonds is 2. The van der Waals surface area contributed by atoms with Crippen LogP contribution in [-0.2, 0) is 0 Å². The van der Waals surface area contributed by atoms with Crippen molar-refractivity contribution >= 4 is 11.4 Å². The molecule has 0 amide bonds. The maximum Gasteiger partial charge on any atom is 0.151 e. The van der Waals surface area contributed by atoms with E-state index in [1.807, 2.05) is 24.3 Å². The van der Waals surface area contributed by atoms with Crippen molar-refractivity contribution in [2.75, 3.05) is 11.4 Å². The number of para-hydroxylation sites is 4. The summed E-state index contributed by atoms with van der Waals surface area (Å²) in [5.41, 5.74) is 2.31. The molecule has 18 heavy (non-hydrogen) atoms. The summed E-state index contributed by atoms with van der Waals surface area (Å²) >= 11 is 0. The van der Waals surface area contributed by atoms with E-state index in [0.717, 1.165) is 29.4 Å². The first-order chi connectivity index (χ1) is 8.75. The lowest BCUT2D eigenvalue weighted by atomic mass is 10.1. The number of benzene rings is 2. The van der Waals surface area contributed by atoms with Crippen molar-refractivity contribution < 1.29 is 4.74 Å². The zero-order chi connectivity index (χ0) is 12.5. The molecule has 0 unspecified atom stereocenters. The monoisotopic (exact) mass is 239 g/mol. The first-order valence-corrected chi connectivity index (χ1v) is 6.39. The van der Waals surface area contributed by atoms with Gasteiger partial charge in [-0.15, -0.1) is 0 Å². The molecule has 1 aliphatic heterocycles. The van der Waals surface area contributed by atoms with E-state index in [4.69, 9.17) is 4.74 Å². The first kappa shape index (κ1) is 11.1. The molecule has 2 aromatic rings. The minimum Gasteiger partial charge on any atom is -0.453 e. The van der Waals surface area contributed by atoms with Gasteiger partial charge in [-0.3, -0.25) is 0 Å². The second-order valence-corrected chi connectivity index (χ2v) is 5.04. The molecule has 3 rings (SSSR count). The van der Waals surface area contributed by atoms with Crippen molar-refractivity contribution in [3.8, 4) is 11.5 Å². The van der Waals surface area contributed by atoms with E-state index in [-0.39, 0.29) is 0 Å². The molecule has 1 aliphatic rings. The number of fused-ring (bicyclic) bond motifs is 2. The Kier molecular flexibility index (Phi) is 2.71. The predicted molar refractivity (Wildman–Crippen MR) is 74.8 cm³/mol. The minimum absolute atomic E-state index is 0.601. The largest absolute Gasteiger partial charge is 0.453 e. The third kappa shape index (κ3) is 1.84. The highest BCUT2D eigenvalue weighted by Gasteiger charge is 2.23. The fourth-order valence-corrected chi connectivity index (χ4v) is 2.34. The Balaban J connectivity index is 2.11. The van der Waals surface area contributed by atoms with Crippen molar-refractivity contribution in [1.82, 2.24) is 0 Å². The Hall–Kier alpha value is -1.96. The van der Waals surface area contributed by atoms with Gasteiger partial charge in [0.1, 0.15) is 0 Å². The minimum atomic E-state index is 0.601. The van der Waals surface area contributed by atoms with Gasteiger partial charge in [0, 0.05) is 6.54 Å². The molecule has 0 aromatic heterocycles. The van der Waals surface area contributed by atoms with E-state index < -0.39 is 0 Å². The van der Waals surface area contributed by atoms with Crippen molar-refractivity contribution in [2.45, 2.75) is 13.8 Å². The summed E-state index contributed by atoms with van der Waals surface area (Å²) in [6, 6.07) is 16.4. The summed E-state index contributed by atoms with van der Waals surface area (Å²) in [5, 5.41) is 0. The highest BCUT2D eigenvalue weighted by molar-refractivity contribution is 5.77. The molecule has 2 aromatic carbocycles. The molecule has 0 aliphatic carbocycles. The molecule has 0 spiro atoms. The van der Waals surface area contributed by atoms with Crippen LogP contribution in [0.4, 0.5) is 11.4 Å². The number of hydrogen-bond donors (Lipinski definition) is 0. The molecule has 0 radical (unpaired) electrons. The quantitative estimate of drug-likeness (QED) is 0.760. The van der Waals surface area contributed by atoms with Gasteiger partial charge in [0.2, 0.25) is 0 Å². The first-order valence-electron chi connectivity index (χ1n) is 6.39. The molecule has 2 nitrogen and oxygen atoms in total. The van der Waals surface area contributed by atoms with Gasteiger partial charge in [-0.2, -0.15) is 0 Å². The summed E-state index contributed by atoms with van der Waals surface area (Å²) in [6.45, 7) is 5.47. The van der Waals surface area contributed by atoms with Gasteiger partial charge in [0.15, 0.2) is 11.5 Å². The van der Waals surface area contributed by atoms with E-state index in [0.29, 0.717) is 5.92 Å². The zero-order valence-electron chi connectivity index (χ0n) is 10.8. The highest BCUT2D eigenvalue weighted by atomic mass is 16.5. The Labute approximate surface area is 108 Å². The third-order valence-corrected chi connectivity index (χ3v) is 3.08. The van der Waals surface area contributed by atoms with Crippen molar-refractivity contribution in [3.63, 3.8) is 0 Å². The molecule has 0 atom stereocenters. The number of hydrogen-bond acceptors (Lipinski definition) is 2. The fourth-order valence-electron chi connectivity index (χ4n) is 2.34. The lowest BCUT2D eigenvalue weighted by Crippen LogP contribution is -2.25. The number of ether oxygens (including phenoxy) is 1. The SMILES string of the molecule is CC(C)CN1c2ccccc2Oc2ccccc21. The standard InChI is InChI=1S/C16H17NO/c1-12(2)11-17-13-7-3-5-9-15(13)18-16-10-6-4-8-14(16)17/h3-10,12H,11H2,1-2H3. The second-order valence-electron chi connectivity index (χ2n) is 5.04. The Morgan fingerprint density at radius 3 is 1.89 bits per heavy atom. The van der Waals surface area contributed by atoms with Crippen LogP contribution >= 0.6 is 0 Å². The molecule has 0 fully saturated rings. The molecule has 0 saturated heterocycles. The molecule has 0 saturated carbocycles. The van der Waals surface area contributed by atoms with Crippen molar-refractivity contribution in [2.24, 2.45) is 5.92 Å². The topological polar surface area (TPSA) is 12.5 Å². The maximum absolute atomic E-state index is 5.95. The average Bonchev–Trinajstić information content (AvgIpc) is 2.38. The van der Waals surface area contributed by atoms with Crippen molar-refractivity contribution in [3.05, 3.63) is 48.5 Å². The van der Waals surface area contributed by atoms with Gasteiger partial charge < -0.3 is 9.64 Å². The van der Waals surface area contributed by atoms with E-state index in [9.17, 15) is 0 Å². The molecule has 0 bridgehead atoms. The average molecular weight is 239 g/mol. The fraction of sp³-hybridized carbons (Fsp3) is 0.250. The Bertz CT molecular complexity index is 517.